The van der Waals surface area contributed by atoms with E-state index >= 15 is 0 Å². The lowest BCUT2D eigenvalue weighted by Crippen LogP contribution is -2.44. The van der Waals surface area contributed by atoms with E-state index in [2.05, 4.69) is 21.9 Å². The quantitative estimate of drug-likeness (QED) is 0.618. The van der Waals surface area contributed by atoms with Crippen molar-refractivity contribution in [3.8, 4) is 0 Å². The molecule has 0 aliphatic carbocycles. The van der Waals surface area contributed by atoms with Gasteiger partial charge in [0.15, 0.2) is 10.8 Å². The van der Waals surface area contributed by atoms with Crippen molar-refractivity contribution >= 4 is 28.7 Å². The van der Waals surface area contributed by atoms with Crippen molar-refractivity contribution in [3.63, 3.8) is 0 Å². The monoisotopic (exact) mass is 347 g/mol. The lowest BCUT2D eigenvalue weighted by Gasteiger charge is -2.33. The number of aromatic nitrogens is 4. The van der Waals surface area contributed by atoms with Gasteiger partial charge in [-0.25, -0.2) is 15.0 Å². The van der Waals surface area contributed by atoms with Gasteiger partial charge in [-0.3, -0.25) is 14.2 Å². The van der Waals surface area contributed by atoms with Gasteiger partial charge < -0.3 is 4.90 Å². The van der Waals surface area contributed by atoms with Crippen molar-refractivity contribution in [1.82, 2.24) is 24.4 Å². The van der Waals surface area contributed by atoms with Gasteiger partial charge in [0.2, 0.25) is 5.91 Å². The fourth-order valence-electron chi connectivity index (χ4n) is 2.95. The summed E-state index contributed by atoms with van der Waals surface area (Å²) in [4.78, 5) is 39.6. The van der Waals surface area contributed by atoms with Crippen LogP contribution in [0.25, 0.3) is 11.0 Å². The van der Waals surface area contributed by atoms with Crippen LogP contribution < -0.4 is 5.56 Å². The Bertz CT molecular complexity index is 807. The number of likely N-dealkylation sites (tertiary alicyclic amines) is 1. The smallest absolute Gasteiger partial charge is 0.264 e. The lowest BCUT2D eigenvalue weighted by molar-refractivity contribution is -0.135. The number of fused-ring (bicyclic) bond motifs is 1. The predicted molar refractivity (Wildman–Crippen MR) is 93.0 cm³/mol. The van der Waals surface area contributed by atoms with Crippen LogP contribution in [0.5, 0.6) is 0 Å². The highest BCUT2D eigenvalue weighted by molar-refractivity contribution is 7.99. The molecule has 2 aromatic rings. The van der Waals surface area contributed by atoms with Gasteiger partial charge >= 0.3 is 0 Å². The molecule has 0 saturated carbocycles. The fourth-order valence-corrected chi connectivity index (χ4v) is 3.49. The van der Waals surface area contributed by atoms with Crippen LogP contribution in [0.15, 0.2) is 22.5 Å². The summed E-state index contributed by atoms with van der Waals surface area (Å²) in [6, 6.07) is 0.229. The van der Waals surface area contributed by atoms with E-state index in [9.17, 15) is 9.59 Å². The first-order valence-corrected chi connectivity index (χ1v) is 9.23. The second-order valence-corrected chi connectivity index (χ2v) is 7.16. The van der Waals surface area contributed by atoms with Gasteiger partial charge in [-0.15, -0.1) is 0 Å². The standard InChI is InChI=1S/C16H21N5O2S/c1-3-24-16-17-8-12-14(19-16)18-10-20(15(12)23)9-13(22)21-7-5-4-6-11(21)2/h8,10-11H,3-7,9H2,1-2H3/t11-/m0/s1. The zero-order valence-corrected chi connectivity index (χ0v) is 14.8. The van der Waals surface area contributed by atoms with Crippen LogP contribution >= 0.6 is 11.8 Å². The van der Waals surface area contributed by atoms with Crippen molar-refractivity contribution in [3.05, 3.63) is 22.9 Å². The Labute approximate surface area is 144 Å². The number of amides is 1. The minimum absolute atomic E-state index is 0.0115. The van der Waals surface area contributed by atoms with Crippen molar-refractivity contribution in [2.75, 3.05) is 12.3 Å². The summed E-state index contributed by atoms with van der Waals surface area (Å²) in [6.07, 6.45) is 6.09. The van der Waals surface area contributed by atoms with Crippen molar-refractivity contribution < 1.29 is 4.79 Å². The molecular weight excluding hydrogens is 326 g/mol. The van der Waals surface area contributed by atoms with Gasteiger partial charge in [-0.05, 0) is 31.9 Å². The third-order valence-corrected chi connectivity index (χ3v) is 5.00. The molecular formula is C16H21N5O2S. The molecule has 1 fully saturated rings. The Morgan fingerprint density at radius 3 is 2.96 bits per heavy atom. The second kappa shape index (κ2) is 7.29. The molecule has 0 bridgehead atoms. The summed E-state index contributed by atoms with van der Waals surface area (Å²) in [5.41, 5.74) is 0.104. The van der Waals surface area contributed by atoms with Crippen LogP contribution in [-0.2, 0) is 11.3 Å². The first kappa shape index (κ1) is 16.9. The van der Waals surface area contributed by atoms with E-state index in [-0.39, 0.29) is 24.1 Å². The Balaban J connectivity index is 1.84. The maximum absolute atomic E-state index is 12.6. The molecule has 1 aliphatic heterocycles. The number of piperidine rings is 1. The van der Waals surface area contributed by atoms with Crippen molar-refractivity contribution in [2.45, 2.75) is 50.9 Å². The third kappa shape index (κ3) is 3.43. The Kier molecular flexibility index (Phi) is 5.13. The summed E-state index contributed by atoms with van der Waals surface area (Å²) in [7, 11) is 0. The zero-order chi connectivity index (χ0) is 17.1. The Morgan fingerprint density at radius 1 is 1.38 bits per heavy atom. The first-order valence-electron chi connectivity index (χ1n) is 8.24. The SMILES string of the molecule is CCSc1ncc2c(=O)n(CC(=O)N3CCCC[C@@H]3C)cnc2n1. The highest BCUT2D eigenvalue weighted by Gasteiger charge is 2.23. The molecule has 0 spiro atoms. The number of hydrogen-bond donors (Lipinski definition) is 0. The predicted octanol–water partition coefficient (Wildman–Crippen LogP) is 1.70. The van der Waals surface area contributed by atoms with E-state index in [1.165, 1.54) is 28.9 Å². The van der Waals surface area contributed by atoms with Gasteiger partial charge in [0.1, 0.15) is 18.3 Å². The highest BCUT2D eigenvalue weighted by atomic mass is 32.2. The molecule has 7 nitrogen and oxygen atoms in total. The van der Waals surface area contributed by atoms with E-state index < -0.39 is 0 Å². The van der Waals surface area contributed by atoms with Crippen LogP contribution in [0.1, 0.15) is 33.1 Å². The van der Waals surface area contributed by atoms with E-state index in [0.717, 1.165) is 31.6 Å². The molecule has 128 valence electrons. The van der Waals surface area contributed by atoms with Crippen LogP contribution in [0.2, 0.25) is 0 Å². The fraction of sp³-hybridized carbons (Fsp3) is 0.562. The minimum Gasteiger partial charge on any atom is -0.338 e. The maximum Gasteiger partial charge on any atom is 0.264 e. The Hall–Kier alpha value is -1.96. The van der Waals surface area contributed by atoms with Gasteiger partial charge in [0.25, 0.3) is 5.56 Å². The summed E-state index contributed by atoms with van der Waals surface area (Å²) >= 11 is 1.50. The molecule has 8 heteroatoms. The maximum atomic E-state index is 12.6. The zero-order valence-electron chi connectivity index (χ0n) is 13.9. The molecule has 2 aromatic heterocycles. The molecule has 3 rings (SSSR count). The van der Waals surface area contributed by atoms with Gasteiger partial charge in [-0.2, -0.15) is 0 Å². The molecule has 1 amide bonds. The number of rotatable bonds is 4. The van der Waals surface area contributed by atoms with Crippen LogP contribution in [-0.4, -0.2) is 48.7 Å². The molecule has 0 N–H and O–H groups in total. The van der Waals surface area contributed by atoms with Gasteiger partial charge in [0, 0.05) is 18.8 Å². The first-order chi connectivity index (χ1) is 11.6. The number of hydrogen-bond acceptors (Lipinski definition) is 6. The minimum atomic E-state index is -0.272. The molecule has 0 radical (unpaired) electrons. The molecule has 0 unspecified atom stereocenters. The normalized spacial score (nSPS) is 18.1. The molecule has 0 aromatic carbocycles. The van der Waals surface area contributed by atoms with Crippen LogP contribution in [0, 0.1) is 0 Å². The molecule has 24 heavy (non-hydrogen) atoms. The molecule has 1 aliphatic rings. The second-order valence-electron chi connectivity index (χ2n) is 5.93. The van der Waals surface area contributed by atoms with Crippen LogP contribution in [0.3, 0.4) is 0 Å². The Morgan fingerprint density at radius 2 is 2.21 bits per heavy atom. The topological polar surface area (TPSA) is 81.0 Å². The van der Waals surface area contributed by atoms with Crippen LogP contribution in [0.4, 0.5) is 0 Å². The number of carbonyl (C=O) groups excluding carboxylic acids is 1. The molecule has 1 atom stereocenters. The van der Waals surface area contributed by atoms with E-state index in [1.807, 2.05) is 11.8 Å². The average molecular weight is 347 g/mol. The third-order valence-electron chi connectivity index (χ3n) is 4.26. The van der Waals surface area contributed by atoms with Gasteiger partial charge in [-0.1, -0.05) is 18.7 Å². The van der Waals surface area contributed by atoms with E-state index in [4.69, 9.17) is 0 Å². The number of nitrogens with zero attached hydrogens (tertiary/aromatic N) is 5. The molecule has 1 saturated heterocycles. The largest absolute Gasteiger partial charge is 0.338 e. The summed E-state index contributed by atoms with van der Waals surface area (Å²) < 4.78 is 1.35. The van der Waals surface area contributed by atoms with Gasteiger partial charge in [0.05, 0.1) is 0 Å². The number of carbonyl (C=O) groups is 1. The average Bonchev–Trinajstić information content (AvgIpc) is 2.58. The highest BCUT2D eigenvalue weighted by Crippen LogP contribution is 2.17. The number of thioether (sulfide) groups is 1. The summed E-state index contributed by atoms with van der Waals surface area (Å²) in [5.74, 6) is 0.815. The van der Waals surface area contributed by atoms with Crippen molar-refractivity contribution in [2.24, 2.45) is 0 Å². The lowest BCUT2D eigenvalue weighted by atomic mass is 10.0. The van der Waals surface area contributed by atoms with Crippen molar-refractivity contribution in [1.29, 1.82) is 0 Å². The summed E-state index contributed by atoms with van der Waals surface area (Å²) in [6.45, 7) is 4.84. The van der Waals surface area contributed by atoms with E-state index in [0.29, 0.717) is 16.2 Å². The van der Waals surface area contributed by atoms with E-state index in [1.54, 1.807) is 0 Å². The molecule has 3 heterocycles. The summed E-state index contributed by atoms with van der Waals surface area (Å²) in [5, 5.41) is 0.949.